The first-order valence-electron chi connectivity index (χ1n) is 5.98. The van der Waals surface area contributed by atoms with E-state index in [-0.39, 0.29) is 12.4 Å². The topological polar surface area (TPSA) is 73.1 Å². The lowest BCUT2D eigenvalue weighted by molar-refractivity contribution is 0.121. The van der Waals surface area contributed by atoms with Crippen molar-refractivity contribution < 1.29 is 19.5 Å². The minimum atomic E-state index is -1.02. The normalized spacial score (nSPS) is 21.7. The predicted octanol–water partition coefficient (Wildman–Crippen LogP) is 2.78. The van der Waals surface area contributed by atoms with Crippen molar-refractivity contribution in [2.45, 2.75) is 25.8 Å². The minimum Gasteiger partial charge on any atom is -0.465 e. The molecule has 0 aromatic heterocycles. The van der Waals surface area contributed by atoms with Crippen LogP contribution in [0.3, 0.4) is 0 Å². The molecule has 1 unspecified atom stereocenters. The van der Waals surface area contributed by atoms with E-state index >= 15 is 0 Å². The van der Waals surface area contributed by atoms with Crippen LogP contribution in [0, 0.1) is 12.7 Å². The van der Waals surface area contributed by atoms with E-state index in [1.54, 1.807) is 13.0 Å². The third-order valence-corrected chi connectivity index (χ3v) is 3.42. The molecule has 1 heterocycles. The summed E-state index contributed by atoms with van der Waals surface area (Å²) in [5, 5.41) is 21.3. The monoisotopic (exact) mass is 266 g/mol. The largest absolute Gasteiger partial charge is 0.465 e. The number of hydrogen-bond acceptors (Lipinski definition) is 3. The summed E-state index contributed by atoms with van der Waals surface area (Å²) in [6.07, 6.45) is -0.278. The lowest BCUT2D eigenvalue weighted by Crippen LogP contribution is -2.40. The van der Waals surface area contributed by atoms with E-state index in [0.29, 0.717) is 24.1 Å². The van der Waals surface area contributed by atoms with E-state index in [1.165, 1.54) is 17.0 Å². The van der Waals surface area contributed by atoms with Crippen molar-refractivity contribution in [3.8, 4) is 0 Å². The lowest BCUT2D eigenvalue weighted by Gasteiger charge is -2.34. The third-order valence-electron chi connectivity index (χ3n) is 3.42. The number of halogens is 1. The summed E-state index contributed by atoms with van der Waals surface area (Å²) >= 11 is 0. The molecule has 1 atom stereocenters. The van der Waals surface area contributed by atoms with Crippen LogP contribution < -0.4 is 0 Å². The molecule has 0 radical (unpaired) electrons. The number of benzene rings is 1. The zero-order valence-corrected chi connectivity index (χ0v) is 10.5. The molecule has 1 aliphatic rings. The number of aryl methyl sites for hydroxylation is 1. The summed E-state index contributed by atoms with van der Waals surface area (Å²) in [5.74, 6) is -0.352. The van der Waals surface area contributed by atoms with E-state index in [4.69, 9.17) is 5.21 Å². The van der Waals surface area contributed by atoms with Crippen molar-refractivity contribution in [2.24, 2.45) is 5.16 Å². The van der Waals surface area contributed by atoms with E-state index in [0.717, 1.165) is 5.56 Å². The van der Waals surface area contributed by atoms with Gasteiger partial charge in [-0.25, -0.2) is 9.18 Å². The van der Waals surface area contributed by atoms with E-state index < -0.39 is 12.1 Å². The van der Waals surface area contributed by atoms with Crippen molar-refractivity contribution in [1.29, 1.82) is 0 Å². The zero-order valence-electron chi connectivity index (χ0n) is 10.5. The second-order valence-electron chi connectivity index (χ2n) is 4.61. The van der Waals surface area contributed by atoms with E-state index in [1.807, 2.05) is 0 Å². The van der Waals surface area contributed by atoms with Gasteiger partial charge >= 0.3 is 6.09 Å². The lowest BCUT2D eigenvalue weighted by atomic mass is 9.91. The van der Waals surface area contributed by atoms with Gasteiger partial charge in [-0.1, -0.05) is 11.2 Å². The van der Waals surface area contributed by atoms with Crippen LogP contribution >= 0.6 is 0 Å². The maximum absolute atomic E-state index is 13.1. The number of amides is 1. The van der Waals surface area contributed by atoms with Crippen LogP contribution in [0.5, 0.6) is 0 Å². The maximum Gasteiger partial charge on any atom is 0.407 e. The molecule has 2 N–H and O–H groups in total. The Morgan fingerprint density at radius 1 is 1.53 bits per heavy atom. The highest BCUT2D eigenvalue weighted by molar-refractivity contribution is 5.87. The number of piperidine rings is 1. The van der Waals surface area contributed by atoms with Gasteiger partial charge in [0.2, 0.25) is 0 Å². The molecule has 1 saturated heterocycles. The van der Waals surface area contributed by atoms with Gasteiger partial charge in [0.05, 0.1) is 11.8 Å². The van der Waals surface area contributed by atoms with E-state index in [9.17, 15) is 14.3 Å². The van der Waals surface area contributed by atoms with Crippen molar-refractivity contribution in [2.75, 3.05) is 6.54 Å². The van der Waals surface area contributed by atoms with Gasteiger partial charge in [-0.15, -0.1) is 0 Å². The minimum absolute atomic E-state index is 0.274. The second-order valence-corrected chi connectivity index (χ2v) is 4.61. The molecular formula is C13H15FN2O3. The summed E-state index contributed by atoms with van der Waals surface area (Å²) in [6, 6.07) is 3.84. The molecule has 1 amide bonds. The summed E-state index contributed by atoms with van der Waals surface area (Å²) in [7, 11) is 0. The summed E-state index contributed by atoms with van der Waals surface area (Å²) < 4.78 is 13.1. The van der Waals surface area contributed by atoms with Crippen LogP contribution in [-0.2, 0) is 0 Å². The van der Waals surface area contributed by atoms with Crippen LogP contribution in [0.4, 0.5) is 9.18 Å². The highest BCUT2D eigenvalue weighted by atomic mass is 19.1. The predicted molar refractivity (Wildman–Crippen MR) is 67.1 cm³/mol. The van der Waals surface area contributed by atoms with Gasteiger partial charge in [-0.05, 0) is 30.2 Å². The van der Waals surface area contributed by atoms with E-state index in [2.05, 4.69) is 5.16 Å². The molecule has 102 valence electrons. The average Bonchev–Trinajstić information content (AvgIpc) is 2.38. The molecule has 19 heavy (non-hydrogen) atoms. The summed E-state index contributed by atoms with van der Waals surface area (Å²) in [6.45, 7) is 2.01. The molecule has 0 saturated carbocycles. The molecule has 0 aliphatic carbocycles. The molecule has 2 rings (SSSR count). The number of carboxylic acid groups (broad SMARTS) is 1. The van der Waals surface area contributed by atoms with Crippen LogP contribution in [0.2, 0.25) is 0 Å². The number of rotatable bonds is 1. The second kappa shape index (κ2) is 5.26. The van der Waals surface area contributed by atoms with Crippen molar-refractivity contribution in [3.05, 3.63) is 35.1 Å². The molecule has 5 nitrogen and oxygen atoms in total. The Morgan fingerprint density at radius 2 is 2.26 bits per heavy atom. The smallest absolute Gasteiger partial charge is 0.407 e. The van der Waals surface area contributed by atoms with Crippen molar-refractivity contribution in [3.63, 3.8) is 0 Å². The highest BCUT2D eigenvalue weighted by Gasteiger charge is 2.31. The Hall–Kier alpha value is -2.11. The SMILES string of the molecule is Cc1cc(F)ccc1C1C/C(=N/O)CCN1C(=O)O. The molecule has 1 aromatic rings. The zero-order chi connectivity index (χ0) is 14.0. The first-order chi connectivity index (χ1) is 9.02. The molecule has 6 heteroatoms. The average molecular weight is 266 g/mol. The van der Waals surface area contributed by atoms with Gasteiger partial charge in [0.1, 0.15) is 5.82 Å². The van der Waals surface area contributed by atoms with Gasteiger partial charge < -0.3 is 15.2 Å². The molecule has 0 bridgehead atoms. The van der Waals surface area contributed by atoms with Crippen LogP contribution in [0.25, 0.3) is 0 Å². The van der Waals surface area contributed by atoms with Gasteiger partial charge in [-0.3, -0.25) is 0 Å². The Bertz CT molecular complexity index is 531. The Kier molecular flexibility index (Phi) is 3.69. The first kappa shape index (κ1) is 13.3. The van der Waals surface area contributed by atoms with Crippen molar-refractivity contribution >= 4 is 11.8 Å². The highest BCUT2D eigenvalue weighted by Crippen LogP contribution is 2.32. The standard InChI is InChI=1S/C13H15FN2O3/c1-8-6-9(14)2-3-11(8)12-7-10(15-19)4-5-16(12)13(17)18/h2-3,6,12,19H,4-5,7H2,1H3,(H,17,18)/b15-10+. The molecule has 1 aliphatic heterocycles. The van der Waals surface area contributed by atoms with Crippen molar-refractivity contribution in [1.82, 2.24) is 4.90 Å². The Morgan fingerprint density at radius 3 is 2.84 bits per heavy atom. The van der Waals surface area contributed by atoms with Gasteiger partial charge in [0.25, 0.3) is 0 Å². The molecular weight excluding hydrogens is 251 g/mol. The number of likely N-dealkylation sites (tertiary alicyclic amines) is 1. The van der Waals surface area contributed by atoms with Gasteiger partial charge in [-0.2, -0.15) is 0 Å². The maximum atomic E-state index is 13.1. The fourth-order valence-corrected chi connectivity index (χ4v) is 2.45. The Balaban J connectivity index is 2.38. The van der Waals surface area contributed by atoms with Gasteiger partial charge in [0, 0.05) is 19.4 Å². The fraction of sp³-hybridized carbons (Fsp3) is 0.385. The quantitative estimate of drug-likeness (QED) is 0.606. The third kappa shape index (κ3) is 2.67. The van der Waals surface area contributed by atoms with Gasteiger partial charge in [0.15, 0.2) is 0 Å². The number of hydrogen-bond donors (Lipinski definition) is 2. The number of carbonyl (C=O) groups is 1. The molecule has 1 aromatic carbocycles. The summed E-state index contributed by atoms with van der Waals surface area (Å²) in [5.41, 5.74) is 1.99. The molecule has 1 fully saturated rings. The first-order valence-corrected chi connectivity index (χ1v) is 5.98. The number of nitrogens with zero attached hydrogens (tertiary/aromatic N) is 2. The number of oxime groups is 1. The Labute approximate surface area is 110 Å². The summed E-state index contributed by atoms with van der Waals surface area (Å²) in [4.78, 5) is 12.6. The van der Waals surface area contributed by atoms with Crippen LogP contribution in [0.15, 0.2) is 23.4 Å². The van der Waals surface area contributed by atoms with Crippen LogP contribution in [0.1, 0.15) is 30.0 Å². The van der Waals surface area contributed by atoms with Crippen LogP contribution in [-0.4, -0.2) is 33.6 Å². The fourth-order valence-electron chi connectivity index (χ4n) is 2.45. The molecule has 0 spiro atoms.